The van der Waals surface area contributed by atoms with Gasteiger partial charge in [-0.05, 0) is 36.7 Å². The second-order valence-electron chi connectivity index (χ2n) is 4.86. The van der Waals surface area contributed by atoms with E-state index in [1.54, 1.807) is 0 Å². The Hall–Kier alpha value is -0.650. The second kappa shape index (κ2) is 7.38. The molecular formula is C15H19Br2N3. The molecule has 0 aliphatic rings. The van der Waals surface area contributed by atoms with E-state index in [2.05, 4.69) is 73.5 Å². The maximum Gasteiger partial charge on any atom is 0.0643 e. The summed E-state index contributed by atoms with van der Waals surface area (Å²) in [6.45, 7) is 3.18. The Morgan fingerprint density at radius 1 is 1.30 bits per heavy atom. The molecule has 3 nitrogen and oxygen atoms in total. The van der Waals surface area contributed by atoms with Gasteiger partial charge < -0.3 is 5.32 Å². The number of nitrogens with zero attached hydrogens (tertiary/aromatic N) is 2. The van der Waals surface area contributed by atoms with Crippen LogP contribution in [0.2, 0.25) is 0 Å². The standard InChI is InChI=1S/C15H19Br2N3/c1-3-7-18-15(10-12-6-8-20(2)19-12)13-5-4-11(16)9-14(13)17/h4-6,8-9,15,18H,3,7,10H2,1-2H3. The first-order valence-electron chi connectivity index (χ1n) is 6.77. The van der Waals surface area contributed by atoms with E-state index in [9.17, 15) is 0 Å². The Morgan fingerprint density at radius 3 is 2.70 bits per heavy atom. The fourth-order valence-corrected chi connectivity index (χ4v) is 3.50. The van der Waals surface area contributed by atoms with Crippen molar-refractivity contribution in [3.05, 3.63) is 50.7 Å². The average molecular weight is 401 g/mol. The van der Waals surface area contributed by atoms with Crippen molar-refractivity contribution in [3.8, 4) is 0 Å². The molecule has 1 N–H and O–H groups in total. The molecule has 1 aromatic carbocycles. The Bertz CT molecular complexity index is 566. The predicted octanol–water partition coefficient (Wildman–Crippen LogP) is 4.23. The zero-order valence-electron chi connectivity index (χ0n) is 11.7. The van der Waals surface area contributed by atoms with E-state index < -0.39 is 0 Å². The number of hydrogen-bond donors (Lipinski definition) is 1. The molecule has 1 unspecified atom stereocenters. The third-order valence-corrected chi connectivity index (χ3v) is 4.34. The molecule has 1 aromatic heterocycles. The average Bonchev–Trinajstić information content (AvgIpc) is 2.80. The third kappa shape index (κ3) is 4.17. The molecule has 0 bridgehead atoms. The fraction of sp³-hybridized carbons (Fsp3) is 0.400. The van der Waals surface area contributed by atoms with E-state index in [1.165, 1.54) is 5.56 Å². The number of benzene rings is 1. The first kappa shape index (κ1) is 15.7. The quantitative estimate of drug-likeness (QED) is 0.786. The van der Waals surface area contributed by atoms with Crippen LogP contribution < -0.4 is 5.32 Å². The van der Waals surface area contributed by atoms with E-state index in [0.29, 0.717) is 0 Å². The molecule has 20 heavy (non-hydrogen) atoms. The van der Waals surface area contributed by atoms with Crippen molar-refractivity contribution in [3.63, 3.8) is 0 Å². The first-order chi connectivity index (χ1) is 9.60. The Morgan fingerprint density at radius 2 is 2.10 bits per heavy atom. The summed E-state index contributed by atoms with van der Waals surface area (Å²) < 4.78 is 4.06. The second-order valence-corrected chi connectivity index (χ2v) is 6.63. The van der Waals surface area contributed by atoms with Gasteiger partial charge in [-0.2, -0.15) is 5.10 Å². The number of halogens is 2. The van der Waals surface area contributed by atoms with Crippen LogP contribution in [-0.2, 0) is 13.5 Å². The van der Waals surface area contributed by atoms with E-state index in [4.69, 9.17) is 0 Å². The smallest absolute Gasteiger partial charge is 0.0643 e. The van der Waals surface area contributed by atoms with Gasteiger partial charge in [0.15, 0.2) is 0 Å². The van der Waals surface area contributed by atoms with Gasteiger partial charge in [0, 0.05) is 34.7 Å². The van der Waals surface area contributed by atoms with Crippen LogP contribution >= 0.6 is 31.9 Å². The molecule has 108 valence electrons. The van der Waals surface area contributed by atoms with Gasteiger partial charge in [0.1, 0.15) is 0 Å². The van der Waals surface area contributed by atoms with Crippen molar-refractivity contribution in [1.29, 1.82) is 0 Å². The minimum absolute atomic E-state index is 0.271. The van der Waals surface area contributed by atoms with Gasteiger partial charge in [-0.25, -0.2) is 0 Å². The van der Waals surface area contributed by atoms with E-state index in [1.807, 2.05) is 17.9 Å². The van der Waals surface area contributed by atoms with E-state index in [0.717, 1.165) is 34.0 Å². The number of rotatable bonds is 6. The van der Waals surface area contributed by atoms with Crippen LogP contribution in [0, 0.1) is 0 Å². The summed E-state index contributed by atoms with van der Waals surface area (Å²) in [4.78, 5) is 0. The van der Waals surface area contributed by atoms with Gasteiger partial charge >= 0.3 is 0 Å². The van der Waals surface area contributed by atoms with Gasteiger partial charge in [-0.3, -0.25) is 4.68 Å². The molecule has 0 radical (unpaired) electrons. The van der Waals surface area contributed by atoms with Crippen LogP contribution in [0.25, 0.3) is 0 Å². The number of hydrogen-bond acceptors (Lipinski definition) is 2. The lowest BCUT2D eigenvalue weighted by atomic mass is 10.0. The lowest BCUT2D eigenvalue weighted by Crippen LogP contribution is -2.24. The molecule has 1 atom stereocenters. The lowest BCUT2D eigenvalue weighted by molar-refractivity contribution is 0.519. The minimum Gasteiger partial charge on any atom is -0.310 e. The largest absolute Gasteiger partial charge is 0.310 e. The lowest BCUT2D eigenvalue weighted by Gasteiger charge is -2.19. The molecule has 0 fully saturated rings. The highest BCUT2D eigenvalue weighted by atomic mass is 79.9. The molecule has 1 heterocycles. The molecule has 5 heteroatoms. The van der Waals surface area contributed by atoms with Gasteiger partial charge in [0.2, 0.25) is 0 Å². The van der Waals surface area contributed by atoms with E-state index in [-0.39, 0.29) is 6.04 Å². The summed E-state index contributed by atoms with van der Waals surface area (Å²) in [6.07, 6.45) is 4.00. The zero-order valence-corrected chi connectivity index (χ0v) is 14.9. The van der Waals surface area contributed by atoms with Crippen molar-refractivity contribution in [2.75, 3.05) is 6.54 Å². The van der Waals surface area contributed by atoms with Crippen molar-refractivity contribution < 1.29 is 0 Å². The summed E-state index contributed by atoms with van der Waals surface area (Å²) in [5, 5.41) is 8.09. The van der Waals surface area contributed by atoms with Crippen LogP contribution in [0.4, 0.5) is 0 Å². The van der Waals surface area contributed by atoms with Crippen LogP contribution in [0.1, 0.15) is 30.6 Å². The van der Waals surface area contributed by atoms with Gasteiger partial charge in [0.05, 0.1) is 5.69 Å². The summed E-state index contributed by atoms with van der Waals surface area (Å²) in [7, 11) is 1.95. The van der Waals surface area contributed by atoms with Crippen molar-refractivity contribution in [1.82, 2.24) is 15.1 Å². The molecule has 0 aliphatic heterocycles. The molecule has 0 aliphatic carbocycles. The topological polar surface area (TPSA) is 29.9 Å². The molecule has 0 saturated carbocycles. The highest BCUT2D eigenvalue weighted by Crippen LogP contribution is 2.28. The normalized spacial score (nSPS) is 12.6. The molecular weight excluding hydrogens is 382 g/mol. The van der Waals surface area contributed by atoms with Crippen molar-refractivity contribution in [2.45, 2.75) is 25.8 Å². The maximum atomic E-state index is 4.48. The Kier molecular flexibility index (Phi) is 5.81. The summed E-state index contributed by atoms with van der Waals surface area (Å²) in [5.41, 5.74) is 2.38. The zero-order chi connectivity index (χ0) is 14.5. The maximum absolute atomic E-state index is 4.48. The highest BCUT2D eigenvalue weighted by molar-refractivity contribution is 9.11. The monoisotopic (exact) mass is 399 g/mol. The molecule has 0 amide bonds. The Balaban J connectivity index is 2.22. The Labute approximate surface area is 137 Å². The van der Waals surface area contributed by atoms with Crippen LogP contribution in [0.3, 0.4) is 0 Å². The molecule has 0 saturated heterocycles. The SMILES string of the molecule is CCCNC(Cc1ccn(C)n1)c1ccc(Br)cc1Br. The number of aryl methyl sites for hydroxylation is 1. The molecule has 2 rings (SSSR count). The van der Waals surface area contributed by atoms with Crippen LogP contribution in [0.5, 0.6) is 0 Å². The van der Waals surface area contributed by atoms with Gasteiger partial charge in [-0.1, -0.05) is 44.8 Å². The first-order valence-corrected chi connectivity index (χ1v) is 8.35. The summed E-state index contributed by atoms with van der Waals surface area (Å²) in [6, 6.07) is 8.68. The summed E-state index contributed by atoms with van der Waals surface area (Å²) >= 11 is 7.16. The number of aromatic nitrogens is 2. The summed E-state index contributed by atoms with van der Waals surface area (Å²) in [5.74, 6) is 0. The van der Waals surface area contributed by atoms with Gasteiger partial charge in [0.25, 0.3) is 0 Å². The predicted molar refractivity (Wildman–Crippen MR) is 89.8 cm³/mol. The van der Waals surface area contributed by atoms with Crippen molar-refractivity contribution in [2.24, 2.45) is 7.05 Å². The minimum atomic E-state index is 0.271. The highest BCUT2D eigenvalue weighted by Gasteiger charge is 2.16. The van der Waals surface area contributed by atoms with Gasteiger partial charge in [-0.15, -0.1) is 0 Å². The van der Waals surface area contributed by atoms with E-state index >= 15 is 0 Å². The fourth-order valence-electron chi connectivity index (χ4n) is 2.18. The van der Waals surface area contributed by atoms with Crippen LogP contribution in [-0.4, -0.2) is 16.3 Å². The van der Waals surface area contributed by atoms with Crippen molar-refractivity contribution >= 4 is 31.9 Å². The number of nitrogens with one attached hydrogen (secondary N) is 1. The molecule has 0 spiro atoms. The van der Waals surface area contributed by atoms with Crippen LogP contribution in [0.15, 0.2) is 39.4 Å². The third-order valence-electron chi connectivity index (χ3n) is 3.16. The molecule has 2 aromatic rings.